The molecule has 124 valence electrons. The summed E-state index contributed by atoms with van der Waals surface area (Å²) in [4.78, 5) is 11.1. The molecule has 2 aromatic heterocycles. The summed E-state index contributed by atoms with van der Waals surface area (Å²) in [6.45, 7) is 5.01. The normalized spacial score (nSPS) is 18.8. The Kier molecular flexibility index (Phi) is 4.38. The summed E-state index contributed by atoms with van der Waals surface area (Å²) in [5.74, 6) is 1.26. The van der Waals surface area contributed by atoms with E-state index in [1.54, 1.807) is 11.3 Å². The third-order valence-corrected chi connectivity index (χ3v) is 4.88. The van der Waals surface area contributed by atoms with Crippen molar-refractivity contribution in [1.29, 1.82) is 0 Å². The van der Waals surface area contributed by atoms with Crippen molar-refractivity contribution in [2.75, 3.05) is 19.7 Å². The van der Waals surface area contributed by atoms with Crippen LogP contribution in [0.1, 0.15) is 22.6 Å². The lowest BCUT2D eigenvalue weighted by Gasteiger charge is -2.30. The Morgan fingerprint density at radius 2 is 2.17 bits per heavy atom. The fourth-order valence-electron chi connectivity index (χ4n) is 2.72. The van der Waals surface area contributed by atoms with Crippen molar-refractivity contribution >= 4 is 11.3 Å². The van der Waals surface area contributed by atoms with E-state index < -0.39 is 0 Å². The Morgan fingerprint density at radius 3 is 2.96 bits per heavy atom. The Bertz CT molecular complexity index is 785. The van der Waals surface area contributed by atoms with Crippen molar-refractivity contribution in [3.8, 4) is 11.4 Å². The van der Waals surface area contributed by atoms with E-state index in [1.807, 2.05) is 35.8 Å². The fraction of sp³-hybridized carbons (Fsp3) is 0.353. The van der Waals surface area contributed by atoms with Crippen LogP contribution in [0, 0.1) is 6.92 Å². The van der Waals surface area contributed by atoms with Crippen molar-refractivity contribution in [1.82, 2.24) is 20.0 Å². The minimum atomic E-state index is 0.0261. The van der Waals surface area contributed by atoms with Gasteiger partial charge in [0.2, 0.25) is 11.7 Å². The van der Waals surface area contributed by atoms with Crippen LogP contribution in [0.3, 0.4) is 0 Å². The minimum Gasteiger partial charge on any atom is -0.368 e. The number of aryl methyl sites for hydroxylation is 1. The maximum Gasteiger partial charge on any atom is 0.241 e. The molecule has 1 fully saturated rings. The van der Waals surface area contributed by atoms with E-state index in [0.29, 0.717) is 24.9 Å². The molecule has 0 unspecified atom stereocenters. The van der Waals surface area contributed by atoms with Gasteiger partial charge in [0.15, 0.2) is 0 Å². The van der Waals surface area contributed by atoms with Crippen molar-refractivity contribution in [3.05, 3.63) is 52.3 Å². The lowest BCUT2D eigenvalue weighted by molar-refractivity contribution is -0.0356. The first-order chi connectivity index (χ1) is 11.8. The van der Waals surface area contributed by atoms with Crippen LogP contribution in [-0.2, 0) is 11.3 Å². The van der Waals surface area contributed by atoms with Crippen LogP contribution in [0.25, 0.3) is 11.4 Å². The van der Waals surface area contributed by atoms with E-state index >= 15 is 0 Å². The van der Waals surface area contributed by atoms with Gasteiger partial charge in [-0.15, -0.1) is 11.3 Å². The molecule has 0 N–H and O–H groups in total. The summed E-state index contributed by atoms with van der Waals surface area (Å²) in [6.07, 6.45) is 1.84. The number of hydrogen-bond donors (Lipinski definition) is 0. The number of benzene rings is 1. The van der Waals surface area contributed by atoms with Gasteiger partial charge in [0.25, 0.3) is 0 Å². The Balaban J connectivity index is 1.43. The van der Waals surface area contributed by atoms with E-state index in [9.17, 15) is 0 Å². The van der Waals surface area contributed by atoms with Gasteiger partial charge in [-0.3, -0.25) is 4.90 Å². The summed E-state index contributed by atoms with van der Waals surface area (Å²) in [6, 6.07) is 8.12. The lowest BCUT2D eigenvalue weighted by atomic mass is 10.1. The fourth-order valence-corrected chi connectivity index (χ4v) is 3.40. The third-order valence-electron chi connectivity index (χ3n) is 4.01. The van der Waals surface area contributed by atoms with Crippen LogP contribution in [-0.4, -0.2) is 39.7 Å². The predicted octanol–water partition coefficient (Wildman–Crippen LogP) is 3.08. The summed E-state index contributed by atoms with van der Waals surface area (Å²) in [5.41, 5.74) is 2.18. The van der Waals surface area contributed by atoms with Crippen LogP contribution in [0.4, 0.5) is 0 Å². The smallest absolute Gasteiger partial charge is 0.241 e. The molecule has 3 aromatic rings. The highest BCUT2D eigenvalue weighted by Crippen LogP contribution is 2.25. The molecule has 1 aromatic carbocycles. The molecule has 6 nitrogen and oxygen atoms in total. The van der Waals surface area contributed by atoms with Gasteiger partial charge in [-0.25, -0.2) is 4.98 Å². The van der Waals surface area contributed by atoms with Crippen LogP contribution >= 0.6 is 11.3 Å². The number of thiazole rings is 1. The van der Waals surface area contributed by atoms with Gasteiger partial charge in [0.05, 0.1) is 13.2 Å². The second-order valence-electron chi connectivity index (χ2n) is 5.84. The van der Waals surface area contributed by atoms with E-state index in [4.69, 9.17) is 9.26 Å². The number of nitrogens with zero attached hydrogens (tertiary/aromatic N) is 4. The van der Waals surface area contributed by atoms with Crippen LogP contribution in [0.2, 0.25) is 0 Å². The predicted molar refractivity (Wildman–Crippen MR) is 90.6 cm³/mol. The summed E-state index contributed by atoms with van der Waals surface area (Å²) < 4.78 is 11.2. The standard InChI is InChI=1S/C17H18N4O2S/c1-12-2-4-13(5-3-12)16-19-15(23-20-16)11-21-7-8-22-14(10-21)17-18-6-9-24-17/h2-6,9,14H,7-8,10-11H2,1H3/t14-/m0/s1. The van der Waals surface area contributed by atoms with Gasteiger partial charge in [-0.1, -0.05) is 35.0 Å². The highest BCUT2D eigenvalue weighted by atomic mass is 32.1. The molecule has 0 saturated carbocycles. The topological polar surface area (TPSA) is 64.3 Å². The summed E-state index contributed by atoms with van der Waals surface area (Å²) in [5, 5.41) is 7.09. The van der Waals surface area contributed by atoms with Gasteiger partial charge in [-0.05, 0) is 6.92 Å². The first-order valence-corrected chi connectivity index (χ1v) is 8.79. The maximum atomic E-state index is 5.82. The molecule has 1 saturated heterocycles. The third kappa shape index (κ3) is 3.38. The molecule has 24 heavy (non-hydrogen) atoms. The number of rotatable bonds is 4. The van der Waals surface area contributed by atoms with E-state index in [2.05, 4.69) is 26.9 Å². The molecule has 0 radical (unpaired) electrons. The molecule has 1 atom stereocenters. The van der Waals surface area contributed by atoms with Crippen LogP contribution < -0.4 is 0 Å². The number of morpholine rings is 1. The first kappa shape index (κ1) is 15.4. The molecular formula is C17H18N4O2S. The monoisotopic (exact) mass is 342 g/mol. The number of hydrogen-bond acceptors (Lipinski definition) is 7. The average Bonchev–Trinajstić information content (AvgIpc) is 3.28. The Labute approximate surface area is 144 Å². The van der Waals surface area contributed by atoms with E-state index in [0.717, 1.165) is 23.7 Å². The molecule has 3 heterocycles. The molecule has 0 aliphatic carbocycles. The molecule has 0 bridgehead atoms. The molecule has 0 amide bonds. The van der Waals surface area contributed by atoms with Gasteiger partial charge < -0.3 is 9.26 Å². The van der Waals surface area contributed by atoms with Gasteiger partial charge in [0.1, 0.15) is 11.1 Å². The maximum absolute atomic E-state index is 5.82. The zero-order valence-electron chi connectivity index (χ0n) is 13.4. The average molecular weight is 342 g/mol. The Hall–Kier alpha value is -2.09. The highest BCUT2D eigenvalue weighted by Gasteiger charge is 2.25. The highest BCUT2D eigenvalue weighted by molar-refractivity contribution is 7.09. The summed E-state index contributed by atoms with van der Waals surface area (Å²) >= 11 is 1.63. The summed E-state index contributed by atoms with van der Waals surface area (Å²) in [7, 11) is 0. The second-order valence-corrected chi connectivity index (χ2v) is 6.77. The molecule has 0 spiro atoms. The van der Waals surface area contributed by atoms with Crippen molar-refractivity contribution in [2.45, 2.75) is 19.6 Å². The number of ether oxygens (including phenoxy) is 1. The van der Waals surface area contributed by atoms with Crippen molar-refractivity contribution < 1.29 is 9.26 Å². The van der Waals surface area contributed by atoms with Gasteiger partial charge in [-0.2, -0.15) is 4.98 Å². The second kappa shape index (κ2) is 6.80. The number of aromatic nitrogens is 3. The Morgan fingerprint density at radius 1 is 1.29 bits per heavy atom. The SMILES string of the molecule is Cc1ccc(-c2noc(CN3CCO[C@H](c4nccs4)C3)n2)cc1. The first-order valence-electron chi connectivity index (χ1n) is 7.91. The zero-order chi connectivity index (χ0) is 16.4. The molecule has 4 rings (SSSR count). The quantitative estimate of drug-likeness (QED) is 0.726. The van der Waals surface area contributed by atoms with Gasteiger partial charge in [0, 0.05) is 30.2 Å². The van der Waals surface area contributed by atoms with E-state index in [-0.39, 0.29) is 6.10 Å². The van der Waals surface area contributed by atoms with Gasteiger partial charge >= 0.3 is 0 Å². The molecule has 1 aliphatic rings. The largest absolute Gasteiger partial charge is 0.368 e. The molecule has 1 aliphatic heterocycles. The van der Waals surface area contributed by atoms with Crippen LogP contribution in [0.15, 0.2) is 40.4 Å². The molecule has 7 heteroatoms. The van der Waals surface area contributed by atoms with E-state index in [1.165, 1.54) is 5.56 Å². The lowest BCUT2D eigenvalue weighted by Crippen LogP contribution is -2.37. The minimum absolute atomic E-state index is 0.0261. The molecular weight excluding hydrogens is 324 g/mol. The van der Waals surface area contributed by atoms with Crippen LogP contribution in [0.5, 0.6) is 0 Å². The van der Waals surface area contributed by atoms with Crippen molar-refractivity contribution in [3.63, 3.8) is 0 Å². The van der Waals surface area contributed by atoms with Crippen molar-refractivity contribution in [2.24, 2.45) is 0 Å². The zero-order valence-corrected chi connectivity index (χ0v) is 14.2.